The molecule has 0 aromatic heterocycles. The van der Waals surface area contributed by atoms with Crippen molar-refractivity contribution in [2.24, 2.45) is 0 Å². The Labute approximate surface area is 85.3 Å². The number of likely N-dealkylation sites (N-methyl/N-ethyl adjacent to an activating group) is 1. The monoisotopic (exact) mass is 226 g/mol. The Hall–Kier alpha value is -0.200. The number of hydrogen-bond acceptors (Lipinski definition) is 3. The van der Waals surface area contributed by atoms with Crippen LogP contribution in [0, 0.1) is 0 Å². The predicted molar refractivity (Wildman–Crippen MR) is 55.5 cm³/mol. The zero-order chi connectivity index (χ0) is 11.0. The molecule has 0 amide bonds. The molecule has 86 valence electrons. The van der Waals surface area contributed by atoms with E-state index in [-0.39, 0.29) is 18.2 Å². The summed E-state index contributed by atoms with van der Waals surface area (Å²) in [6, 6.07) is 0.0974. The number of rotatable bonds is 8. The van der Waals surface area contributed by atoms with E-state index >= 15 is 0 Å². The van der Waals surface area contributed by atoms with Crippen molar-refractivity contribution in [2.45, 2.75) is 26.3 Å². The summed E-state index contributed by atoms with van der Waals surface area (Å²) in [4.78, 5) is 0. The van der Waals surface area contributed by atoms with Gasteiger partial charge in [0, 0.05) is 12.6 Å². The van der Waals surface area contributed by atoms with E-state index < -0.39 is 16.7 Å². The summed E-state index contributed by atoms with van der Waals surface area (Å²) in [5, 5.41) is 3.07. The maximum Gasteiger partial charge on any atom is 0.211 e. The van der Waals surface area contributed by atoms with E-state index in [1.54, 1.807) is 0 Å². The third kappa shape index (κ3) is 7.23. The summed E-state index contributed by atoms with van der Waals surface area (Å²) in [6.07, 6.45) is 0.0604. The maximum atomic E-state index is 11.7. The summed E-state index contributed by atoms with van der Waals surface area (Å²) in [6.45, 7) is 4.40. The van der Waals surface area contributed by atoms with Crippen molar-refractivity contribution in [1.82, 2.24) is 10.0 Å². The topological polar surface area (TPSA) is 58.2 Å². The quantitative estimate of drug-likeness (QED) is 0.624. The highest BCUT2D eigenvalue weighted by molar-refractivity contribution is 7.89. The average molecular weight is 226 g/mol. The highest BCUT2D eigenvalue weighted by Crippen LogP contribution is 1.91. The highest BCUT2D eigenvalue weighted by atomic mass is 32.2. The molecule has 0 radical (unpaired) electrons. The summed E-state index contributed by atoms with van der Waals surface area (Å²) >= 11 is 0. The molecular formula is C8H19FN2O2S. The Morgan fingerprint density at radius 1 is 1.43 bits per heavy atom. The fourth-order valence-corrected chi connectivity index (χ4v) is 2.13. The van der Waals surface area contributed by atoms with Gasteiger partial charge < -0.3 is 5.32 Å². The molecule has 0 aromatic carbocycles. The van der Waals surface area contributed by atoms with Gasteiger partial charge in [-0.05, 0) is 19.9 Å². The lowest BCUT2D eigenvalue weighted by molar-refractivity contribution is 0.481. The molecule has 0 aliphatic heterocycles. The van der Waals surface area contributed by atoms with Crippen LogP contribution >= 0.6 is 0 Å². The van der Waals surface area contributed by atoms with Gasteiger partial charge in [-0.15, -0.1) is 0 Å². The van der Waals surface area contributed by atoms with Crippen LogP contribution in [-0.4, -0.2) is 40.0 Å². The van der Waals surface area contributed by atoms with E-state index in [0.29, 0.717) is 6.54 Å². The van der Waals surface area contributed by atoms with Gasteiger partial charge in [-0.3, -0.25) is 4.39 Å². The van der Waals surface area contributed by atoms with Gasteiger partial charge in [-0.25, -0.2) is 13.1 Å². The second-order valence-electron chi connectivity index (χ2n) is 3.17. The van der Waals surface area contributed by atoms with Crippen molar-refractivity contribution >= 4 is 10.0 Å². The zero-order valence-electron chi connectivity index (χ0n) is 8.72. The van der Waals surface area contributed by atoms with Crippen molar-refractivity contribution in [2.75, 3.05) is 25.5 Å². The maximum absolute atomic E-state index is 11.7. The van der Waals surface area contributed by atoms with Gasteiger partial charge in [0.15, 0.2) is 0 Å². The van der Waals surface area contributed by atoms with Gasteiger partial charge in [-0.2, -0.15) is 0 Å². The number of nitrogens with one attached hydrogen (secondary N) is 2. The molecule has 0 aliphatic carbocycles. The first-order valence-electron chi connectivity index (χ1n) is 4.78. The van der Waals surface area contributed by atoms with Crippen LogP contribution in [0.4, 0.5) is 4.39 Å². The first-order chi connectivity index (χ1) is 6.52. The summed E-state index contributed by atoms with van der Waals surface area (Å²) < 4.78 is 36.5. The lowest BCUT2D eigenvalue weighted by Gasteiger charge is -2.13. The Morgan fingerprint density at radius 2 is 2.07 bits per heavy atom. The van der Waals surface area contributed by atoms with Crippen LogP contribution in [0.15, 0.2) is 0 Å². The molecule has 0 heterocycles. The Balaban J connectivity index is 3.75. The van der Waals surface area contributed by atoms with Gasteiger partial charge in [0.25, 0.3) is 0 Å². The minimum absolute atomic E-state index is 0.0604. The van der Waals surface area contributed by atoms with Crippen molar-refractivity contribution in [3.63, 3.8) is 0 Å². The number of alkyl halides is 1. The molecule has 0 saturated heterocycles. The lowest BCUT2D eigenvalue weighted by atomic mass is 10.3. The minimum Gasteiger partial charge on any atom is -0.313 e. The molecule has 0 aromatic rings. The van der Waals surface area contributed by atoms with E-state index in [1.807, 2.05) is 13.8 Å². The fraction of sp³-hybridized carbons (Fsp3) is 1.00. The number of hydrogen-bond donors (Lipinski definition) is 2. The molecule has 0 saturated carbocycles. The average Bonchev–Trinajstić information content (AvgIpc) is 2.13. The first-order valence-corrected chi connectivity index (χ1v) is 6.43. The van der Waals surface area contributed by atoms with Crippen LogP contribution in [0.5, 0.6) is 0 Å². The summed E-state index contributed by atoms with van der Waals surface area (Å²) in [5.74, 6) is -0.137. The van der Waals surface area contributed by atoms with Gasteiger partial charge in [0.1, 0.15) is 0 Å². The second kappa shape index (κ2) is 7.14. The SMILES string of the molecule is CCN[C@H](C)CNS(=O)(=O)CCCF. The van der Waals surface area contributed by atoms with E-state index in [2.05, 4.69) is 10.0 Å². The van der Waals surface area contributed by atoms with Crippen molar-refractivity contribution < 1.29 is 12.8 Å². The highest BCUT2D eigenvalue weighted by Gasteiger charge is 2.10. The molecule has 4 nitrogen and oxygen atoms in total. The van der Waals surface area contributed by atoms with Gasteiger partial charge in [0.2, 0.25) is 10.0 Å². The van der Waals surface area contributed by atoms with Crippen molar-refractivity contribution in [1.29, 1.82) is 0 Å². The third-order valence-corrected chi connectivity index (χ3v) is 3.14. The van der Waals surface area contributed by atoms with Crippen molar-refractivity contribution in [3.8, 4) is 0 Å². The van der Waals surface area contributed by atoms with Crippen LogP contribution in [0.25, 0.3) is 0 Å². The molecule has 0 spiro atoms. The third-order valence-electron chi connectivity index (χ3n) is 1.71. The van der Waals surface area contributed by atoms with E-state index in [9.17, 15) is 12.8 Å². The van der Waals surface area contributed by atoms with Gasteiger partial charge >= 0.3 is 0 Å². The standard InChI is InChI=1S/C8H19FN2O2S/c1-3-10-8(2)7-11-14(12,13)6-4-5-9/h8,10-11H,3-7H2,1-2H3/t8-/m1/s1. The molecule has 0 bridgehead atoms. The van der Waals surface area contributed by atoms with Crippen LogP contribution < -0.4 is 10.0 Å². The Bertz CT molecular complexity index is 231. The largest absolute Gasteiger partial charge is 0.313 e. The smallest absolute Gasteiger partial charge is 0.211 e. The van der Waals surface area contributed by atoms with Gasteiger partial charge in [-0.1, -0.05) is 6.92 Å². The molecule has 0 rings (SSSR count). The normalized spacial score (nSPS) is 14.2. The molecule has 2 N–H and O–H groups in total. The number of halogens is 1. The van der Waals surface area contributed by atoms with Crippen LogP contribution in [0.1, 0.15) is 20.3 Å². The molecule has 14 heavy (non-hydrogen) atoms. The Morgan fingerprint density at radius 3 is 2.57 bits per heavy atom. The van der Waals surface area contributed by atoms with Crippen LogP contribution in [0.2, 0.25) is 0 Å². The molecule has 6 heteroatoms. The Kier molecular flexibility index (Phi) is 7.04. The second-order valence-corrected chi connectivity index (χ2v) is 5.10. The predicted octanol–water partition coefficient (Wildman–Crippen LogP) is 0.263. The molecule has 0 aliphatic rings. The van der Waals surface area contributed by atoms with E-state index in [1.165, 1.54) is 0 Å². The lowest BCUT2D eigenvalue weighted by Crippen LogP contribution is -2.39. The van der Waals surface area contributed by atoms with E-state index in [0.717, 1.165) is 6.54 Å². The van der Waals surface area contributed by atoms with E-state index in [4.69, 9.17) is 0 Å². The first kappa shape index (κ1) is 13.8. The van der Waals surface area contributed by atoms with Crippen molar-refractivity contribution in [3.05, 3.63) is 0 Å². The molecule has 0 unspecified atom stereocenters. The van der Waals surface area contributed by atoms with Crippen LogP contribution in [0.3, 0.4) is 0 Å². The number of sulfonamides is 1. The fourth-order valence-electron chi connectivity index (χ4n) is 0.989. The van der Waals surface area contributed by atoms with Gasteiger partial charge in [0.05, 0.1) is 12.4 Å². The molecule has 0 fully saturated rings. The minimum atomic E-state index is -3.29. The van der Waals surface area contributed by atoms with Crippen LogP contribution in [-0.2, 0) is 10.0 Å². The zero-order valence-corrected chi connectivity index (χ0v) is 9.53. The molecular weight excluding hydrogens is 207 g/mol. The summed E-state index contributed by atoms with van der Waals surface area (Å²) in [7, 11) is -3.29. The summed E-state index contributed by atoms with van der Waals surface area (Å²) in [5.41, 5.74) is 0. The molecule has 1 atom stereocenters.